The summed E-state index contributed by atoms with van der Waals surface area (Å²) < 4.78 is 24.7. The Bertz CT molecular complexity index is 1170. The number of methoxy groups -OCH3 is 1. The van der Waals surface area contributed by atoms with Crippen LogP contribution >= 0.6 is 11.3 Å². The first-order valence-electron chi connectivity index (χ1n) is 8.42. The van der Waals surface area contributed by atoms with Crippen molar-refractivity contribution in [1.82, 2.24) is 9.97 Å². The molecule has 0 saturated carbocycles. The number of halogens is 1. The monoisotopic (exact) mass is 394 g/mol. The first-order valence-corrected chi connectivity index (χ1v) is 9.29. The number of carbonyl (C=O) groups is 1. The highest BCUT2D eigenvalue weighted by Gasteiger charge is 2.17. The van der Waals surface area contributed by atoms with E-state index in [1.165, 1.54) is 43.8 Å². The zero-order valence-electron chi connectivity index (χ0n) is 15.1. The molecule has 0 N–H and O–H groups in total. The predicted molar refractivity (Wildman–Crippen MR) is 106 cm³/mol. The van der Waals surface area contributed by atoms with Crippen LogP contribution in [0.1, 0.15) is 17.3 Å². The minimum Gasteiger partial charge on any atom is -0.493 e. The van der Waals surface area contributed by atoms with Crippen LogP contribution in [0.25, 0.3) is 21.3 Å². The normalized spacial score (nSPS) is 10.8. The van der Waals surface area contributed by atoms with E-state index in [0.717, 1.165) is 21.3 Å². The molecule has 0 aliphatic carbocycles. The van der Waals surface area contributed by atoms with Crippen molar-refractivity contribution in [3.8, 4) is 28.5 Å². The van der Waals surface area contributed by atoms with Gasteiger partial charge in [-0.15, -0.1) is 11.3 Å². The second-order valence-electron chi connectivity index (χ2n) is 6.04. The largest absolute Gasteiger partial charge is 0.493 e. The molecule has 0 aliphatic rings. The molecule has 0 aliphatic heterocycles. The summed E-state index contributed by atoms with van der Waals surface area (Å²) in [5.41, 5.74) is 2.22. The molecule has 4 aromatic rings. The van der Waals surface area contributed by atoms with Crippen molar-refractivity contribution < 1.29 is 18.7 Å². The number of aromatic nitrogens is 2. The average Bonchev–Trinajstić information content (AvgIpc) is 3.14. The molecule has 0 radical (unpaired) electrons. The Morgan fingerprint density at radius 3 is 2.57 bits per heavy atom. The van der Waals surface area contributed by atoms with Crippen molar-refractivity contribution in [2.75, 3.05) is 7.11 Å². The molecule has 28 heavy (non-hydrogen) atoms. The molecule has 4 rings (SSSR count). The van der Waals surface area contributed by atoms with Gasteiger partial charge in [-0.3, -0.25) is 4.79 Å². The molecule has 140 valence electrons. The SMILES string of the molecule is COc1cc(C(C)=O)ccc1Oc1ncnc2scc(-c3ccc(F)cc3)c12. The van der Waals surface area contributed by atoms with Crippen LogP contribution in [0.4, 0.5) is 4.39 Å². The fraction of sp³-hybridized carbons (Fsp3) is 0.0952. The van der Waals surface area contributed by atoms with E-state index in [0.29, 0.717) is 22.9 Å². The summed E-state index contributed by atoms with van der Waals surface area (Å²) in [5.74, 6) is 0.859. The third-order valence-corrected chi connectivity index (χ3v) is 5.15. The van der Waals surface area contributed by atoms with Crippen LogP contribution in [0.3, 0.4) is 0 Å². The number of rotatable bonds is 5. The summed E-state index contributed by atoms with van der Waals surface area (Å²) in [4.78, 5) is 21.0. The lowest BCUT2D eigenvalue weighted by molar-refractivity contribution is 0.101. The van der Waals surface area contributed by atoms with Gasteiger partial charge >= 0.3 is 0 Å². The van der Waals surface area contributed by atoms with E-state index in [1.807, 2.05) is 5.38 Å². The number of carbonyl (C=O) groups excluding carboxylic acids is 1. The van der Waals surface area contributed by atoms with Gasteiger partial charge in [0.1, 0.15) is 17.0 Å². The molecule has 7 heteroatoms. The van der Waals surface area contributed by atoms with E-state index < -0.39 is 0 Å². The van der Waals surface area contributed by atoms with E-state index >= 15 is 0 Å². The van der Waals surface area contributed by atoms with Crippen molar-refractivity contribution in [3.05, 3.63) is 65.6 Å². The number of hydrogen-bond donors (Lipinski definition) is 0. The van der Waals surface area contributed by atoms with E-state index in [2.05, 4.69) is 9.97 Å². The van der Waals surface area contributed by atoms with Gasteiger partial charge in [-0.2, -0.15) is 0 Å². The van der Waals surface area contributed by atoms with Crippen LogP contribution in [-0.4, -0.2) is 22.9 Å². The van der Waals surface area contributed by atoms with Gasteiger partial charge < -0.3 is 9.47 Å². The van der Waals surface area contributed by atoms with E-state index in [9.17, 15) is 9.18 Å². The molecule has 0 atom stereocenters. The first kappa shape index (κ1) is 18.1. The lowest BCUT2D eigenvalue weighted by Gasteiger charge is -2.12. The Labute approximate surface area is 164 Å². The van der Waals surface area contributed by atoms with E-state index in [-0.39, 0.29) is 11.6 Å². The summed E-state index contributed by atoms with van der Waals surface area (Å²) in [6.45, 7) is 1.49. The van der Waals surface area contributed by atoms with Crippen LogP contribution in [0.15, 0.2) is 54.2 Å². The highest BCUT2D eigenvalue weighted by molar-refractivity contribution is 7.17. The van der Waals surface area contributed by atoms with Crippen LogP contribution in [0.2, 0.25) is 0 Å². The van der Waals surface area contributed by atoms with Gasteiger partial charge in [0.05, 0.1) is 12.5 Å². The Kier molecular flexibility index (Phi) is 4.75. The highest BCUT2D eigenvalue weighted by Crippen LogP contribution is 2.40. The van der Waals surface area contributed by atoms with Crippen LogP contribution in [-0.2, 0) is 0 Å². The zero-order valence-corrected chi connectivity index (χ0v) is 15.9. The van der Waals surface area contributed by atoms with Crippen molar-refractivity contribution in [3.63, 3.8) is 0 Å². The van der Waals surface area contributed by atoms with Crippen LogP contribution in [0, 0.1) is 5.82 Å². The van der Waals surface area contributed by atoms with Crippen molar-refractivity contribution in [2.24, 2.45) is 0 Å². The summed E-state index contributed by atoms with van der Waals surface area (Å²) in [6.07, 6.45) is 1.43. The van der Waals surface area contributed by atoms with E-state index in [1.54, 1.807) is 30.3 Å². The van der Waals surface area contributed by atoms with Gasteiger partial charge in [-0.1, -0.05) is 12.1 Å². The third kappa shape index (κ3) is 3.32. The van der Waals surface area contributed by atoms with Gasteiger partial charge in [0.15, 0.2) is 17.3 Å². The first-order chi connectivity index (χ1) is 13.6. The lowest BCUT2D eigenvalue weighted by Crippen LogP contribution is -1.97. The Balaban J connectivity index is 1.81. The van der Waals surface area contributed by atoms with E-state index in [4.69, 9.17) is 9.47 Å². The Morgan fingerprint density at radius 2 is 1.86 bits per heavy atom. The topological polar surface area (TPSA) is 61.3 Å². The number of ketones is 1. The minimum absolute atomic E-state index is 0.0642. The number of benzene rings is 2. The molecule has 0 fully saturated rings. The highest BCUT2D eigenvalue weighted by atomic mass is 32.1. The molecule has 2 aromatic heterocycles. The fourth-order valence-corrected chi connectivity index (χ4v) is 3.75. The Morgan fingerprint density at radius 1 is 1.07 bits per heavy atom. The van der Waals surface area contributed by atoms with Crippen molar-refractivity contribution in [2.45, 2.75) is 6.92 Å². The number of Topliss-reactive ketones (excluding diaryl/α,β-unsaturated/α-hetero) is 1. The van der Waals surface area contributed by atoms with Gasteiger partial charge in [-0.05, 0) is 42.8 Å². The smallest absolute Gasteiger partial charge is 0.231 e. The third-order valence-electron chi connectivity index (χ3n) is 4.27. The number of hydrogen-bond acceptors (Lipinski definition) is 6. The van der Waals surface area contributed by atoms with Gasteiger partial charge in [0.2, 0.25) is 5.88 Å². The summed E-state index contributed by atoms with van der Waals surface area (Å²) >= 11 is 1.45. The Hall–Kier alpha value is -3.32. The second-order valence-corrected chi connectivity index (χ2v) is 6.90. The fourth-order valence-electron chi connectivity index (χ4n) is 2.84. The molecule has 5 nitrogen and oxygen atoms in total. The number of ether oxygens (including phenoxy) is 2. The standard InChI is InChI=1S/C21H15FN2O3S/c1-12(25)14-5-8-17(18(9-14)26-2)27-20-19-16(10-28-21(19)24-11-23-20)13-3-6-15(22)7-4-13/h3-11H,1-2H3. The van der Waals surface area contributed by atoms with Crippen molar-refractivity contribution >= 4 is 27.3 Å². The average molecular weight is 394 g/mol. The molecule has 0 unspecified atom stereocenters. The molecule has 0 saturated heterocycles. The van der Waals surface area contributed by atoms with Gasteiger partial charge in [0, 0.05) is 16.5 Å². The minimum atomic E-state index is -0.300. The lowest BCUT2D eigenvalue weighted by atomic mass is 10.1. The molecule has 0 spiro atoms. The van der Waals surface area contributed by atoms with Crippen molar-refractivity contribution in [1.29, 1.82) is 0 Å². The molecular formula is C21H15FN2O3S. The van der Waals surface area contributed by atoms with Gasteiger partial charge in [-0.25, -0.2) is 14.4 Å². The molecule has 0 bridgehead atoms. The maximum atomic E-state index is 13.3. The van der Waals surface area contributed by atoms with Crippen LogP contribution in [0.5, 0.6) is 17.4 Å². The summed E-state index contributed by atoms with van der Waals surface area (Å²) in [5, 5.41) is 2.67. The predicted octanol–water partition coefficient (Wildman–Crippen LogP) is 5.50. The zero-order chi connectivity index (χ0) is 19.7. The maximum Gasteiger partial charge on any atom is 0.231 e. The number of fused-ring (bicyclic) bond motifs is 1. The summed E-state index contributed by atoms with van der Waals surface area (Å²) in [7, 11) is 1.51. The molecule has 2 heterocycles. The van der Waals surface area contributed by atoms with Gasteiger partial charge in [0.25, 0.3) is 0 Å². The molecular weight excluding hydrogens is 379 g/mol. The maximum absolute atomic E-state index is 13.3. The molecule has 0 amide bonds. The van der Waals surface area contributed by atoms with Crippen LogP contribution < -0.4 is 9.47 Å². The summed E-state index contributed by atoms with van der Waals surface area (Å²) in [6, 6.07) is 11.2. The quantitative estimate of drug-likeness (QED) is 0.418. The molecule has 2 aromatic carbocycles. The second kappa shape index (κ2) is 7.36. The number of nitrogens with zero attached hydrogens (tertiary/aromatic N) is 2. The number of thiophene rings is 1.